The minimum Gasteiger partial charge on any atom is -0.497 e. The monoisotopic (exact) mass is 1000 g/mol. The summed E-state index contributed by atoms with van der Waals surface area (Å²) in [5.74, 6) is 1.54. The van der Waals surface area contributed by atoms with Crippen LogP contribution in [0.4, 0.5) is 17.3 Å². The first-order chi connectivity index (χ1) is 33.3. The molecule has 0 saturated carbocycles. The number of anilines is 3. The maximum absolute atomic E-state index is 14.8. The number of ether oxygens (including phenoxy) is 5. The molecular formula is C48H62N7O13PSi. The summed E-state index contributed by atoms with van der Waals surface area (Å²) in [7, 11) is -2.56. The second-order valence-corrected chi connectivity index (χ2v) is 24.9. The van der Waals surface area contributed by atoms with Gasteiger partial charge in [-0.05, 0) is 66.0 Å². The van der Waals surface area contributed by atoms with E-state index in [1.807, 2.05) is 78.9 Å². The van der Waals surface area contributed by atoms with Gasteiger partial charge in [-0.25, -0.2) is 19.3 Å². The number of nitrogens with zero attached hydrogens (tertiary/aromatic N) is 3. The van der Waals surface area contributed by atoms with Crippen LogP contribution >= 0.6 is 7.82 Å². The number of aromatic nitrogens is 4. The van der Waals surface area contributed by atoms with E-state index in [4.69, 9.17) is 47.4 Å². The van der Waals surface area contributed by atoms with Crippen LogP contribution in [0.1, 0.15) is 62.1 Å². The van der Waals surface area contributed by atoms with Crippen LogP contribution in [0.3, 0.4) is 0 Å². The van der Waals surface area contributed by atoms with Crippen molar-refractivity contribution in [3.63, 3.8) is 0 Å². The van der Waals surface area contributed by atoms with E-state index < -0.39 is 69.9 Å². The third-order valence-corrected chi connectivity index (χ3v) is 18.9. The SMILES string of the molecule is COc1ccc(C(OC[C@H]2O[C@@H](n3cc(C)c(=O)[nH]c3=O)C[C@@H]2OP(=O)(OC)OC[C@H]2OC(Nc3ncnc(N)c3NC=O)C[C@@H]2O[Si](C)(C)C(C)(C)C)(c2ccccc2)c2ccc(OC)cc2)cc1. The zero-order chi connectivity index (χ0) is 50.4. The summed E-state index contributed by atoms with van der Waals surface area (Å²) in [6, 6.07) is 24.6. The van der Waals surface area contributed by atoms with Crippen LogP contribution in [0.5, 0.6) is 11.5 Å². The molecule has 3 aromatic carbocycles. The fourth-order valence-corrected chi connectivity index (χ4v) is 10.7. The molecule has 2 saturated heterocycles. The lowest BCUT2D eigenvalue weighted by Gasteiger charge is -2.39. The zero-order valence-corrected chi connectivity index (χ0v) is 42.6. The minimum absolute atomic E-state index is 0.0399. The smallest absolute Gasteiger partial charge is 0.474 e. The molecule has 2 aliphatic rings. The largest absolute Gasteiger partial charge is 0.497 e. The fraction of sp³-hybridized carbons (Fsp3) is 0.438. The predicted octanol–water partition coefficient (Wildman–Crippen LogP) is 6.87. The van der Waals surface area contributed by atoms with Crippen molar-refractivity contribution in [2.45, 2.75) is 101 Å². The number of nitrogens with one attached hydrogen (secondary N) is 3. The fourth-order valence-electron chi connectivity index (χ4n) is 8.17. The first-order valence-corrected chi connectivity index (χ1v) is 27.1. The van der Waals surface area contributed by atoms with Gasteiger partial charge in [-0.2, -0.15) is 0 Å². The number of methoxy groups -OCH3 is 2. The van der Waals surface area contributed by atoms with Crippen molar-refractivity contribution in [2.75, 3.05) is 50.9 Å². The maximum Gasteiger partial charge on any atom is 0.474 e. The highest BCUT2D eigenvalue weighted by atomic mass is 31.2. The number of nitrogens with two attached hydrogens (primary N) is 1. The average molecular weight is 1000 g/mol. The van der Waals surface area contributed by atoms with E-state index in [0.717, 1.165) is 16.7 Å². The Morgan fingerprint density at radius 1 is 0.871 bits per heavy atom. The molecule has 5 aromatic rings. The first kappa shape index (κ1) is 52.1. The summed E-state index contributed by atoms with van der Waals surface area (Å²) in [5, 5.41) is 5.53. The van der Waals surface area contributed by atoms with Crippen molar-refractivity contribution in [1.29, 1.82) is 0 Å². The van der Waals surface area contributed by atoms with E-state index in [1.54, 1.807) is 21.1 Å². The number of phosphoric ester groups is 1. The van der Waals surface area contributed by atoms with Crippen molar-refractivity contribution < 1.29 is 51.0 Å². The van der Waals surface area contributed by atoms with Gasteiger partial charge < -0.3 is 44.5 Å². The Morgan fingerprint density at radius 2 is 1.49 bits per heavy atom. The summed E-state index contributed by atoms with van der Waals surface area (Å²) >= 11 is 0. The van der Waals surface area contributed by atoms with Crippen LogP contribution in [-0.4, -0.2) is 99.4 Å². The van der Waals surface area contributed by atoms with Gasteiger partial charge >= 0.3 is 13.5 Å². The van der Waals surface area contributed by atoms with E-state index >= 15 is 0 Å². The summed E-state index contributed by atoms with van der Waals surface area (Å²) in [6.45, 7) is 11.6. The number of benzene rings is 3. The van der Waals surface area contributed by atoms with Crippen LogP contribution in [0.15, 0.2) is 101 Å². The van der Waals surface area contributed by atoms with Crippen LogP contribution in [0.2, 0.25) is 18.1 Å². The van der Waals surface area contributed by atoms with E-state index in [0.29, 0.717) is 24.3 Å². The Balaban J connectivity index is 1.21. The zero-order valence-electron chi connectivity index (χ0n) is 40.7. The van der Waals surface area contributed by atoms with Crippen molar-refractivity contribution in [3.05, 3.63) is 134 Å². The van der Waals surface area contributed by atoms with Gasteiger partial charge in [0.25, 0.3) is 5.56 Å². The van der Waals surface area contributed by atoms with E-state index in [9.17, 15) is 18.9 Å². The highest BCUT2D eigenvalue weighted by Gasteiger charge is 2.49. The van der Waals surface area contributed by atoms with Gasteiger partial charge in [-0.3, -0.25) is 32.7 Å². The number of nitrogen functional groups attached to an aromatic ring is 1. The van der Waals surface area contributed by atoms with Crippen LogP contribution in [-0.2, 0) is 47.2 Å². The van der Waals surface area contributed by atoms with Crippen molar-refractivity contribution in [2.24, 2.45) is 0 Å². The number of H-pyrrole nitrogens is 1. The molecule has 0 bridgehead atoms. The normalized spacial score (nSPS) is 21.5. The van der Waals surface area contributed by atoms with Gasteiger partial charge in [-0.1, -0.05) is 75.4 Å². The second kappa shape index (κ2) is 21.7. The number of carbonyl (C=O) groups excluding carboxylic acids is 1. The molecule has 20 nitrogen and oxygen atoms in total. The summed E-state index contributed by atoms with van der Waals surface area (Å²) < 4.78 is 72.4. The topological polar surface area (TPSA) is 248 Å². The van der Waals surface area contributed by atoms with E-state index in [2.05, 4.69) is 59.5 Å². The highest BCUT2D eigenvalue weighted by Crippen LogP contribution is 2.54. The third-order valence-electron chi connectivity index (χ3n) is 13.0. The molecular weight excluding hydrogens is 942 g/mol. The van der Waals surface area contributed by atoms with E-state index in [1.165, 1.54) is 24.2 Å². The van der Waals surface area contributed by atoms with Gasteiger partial charge in [0, 0.05) is 31.7 Å². The molecule has 2 aliphatic heterocycles. The highest BCUT2D eigenvalue weighted by molar-refractivity contribution is 7.48. The molecule has 5 N–H and O–H groups in total. The molecule has 376 valence electrons. The van der Waals surface area contributed by atoms with Crippen LogP contribution in [0, 0.1) is 6.92 Å². The lowest BCUT2D eigenvalue weighted by molar-refractivity contribution is -0.105. The van der Waals surface area contributed by atoms with E-state index in [-0.39, 0.29) is 47.6 Å². The number of aromatic amines is 1. The van der Waals surface area contributed by atoms with Crippen LogP contribution < -0.4 is 37.1 Å². The quantitative estimate of drug-likeness (QED) is 0.0253. The number of aryl methyl sites for hydroxylation is 1. The van der Waals surface area contributed by atoms with Gasteiger partial charge in [-0.15, -0.1) is 0 Å². The summed E-state index contributed by atoms with van der Waals surface area (Å²) in [6.07, 6.45) is -1.83. The molecule has 7 rings (SSSR count). The average Bonchev–Trinajstić information content (AvgIpc) is 3.92. The lowest BCUT2D eigenvalue weighted by atomic mass is 9.80. The van der Waals surface area contributed by atoms with Crippen molar-refractivity contribution in [1.82, 2.24) is 19.5 Å². The lowest BCUT2D eigenvalue weighted by Crippen LogP contribution is -2.46. The number of carbonyl (C=O) groups is 1. The minimum atomic E-state index is -4.50. The maximum atomic E-state index is 14.8. The van der Waals surface area contributed by atoms with Crippen molar-refractivity contribution in [3.8, 4) is 11.5 Å². The molecule has 0 aliphatic carbocycles. The van der Waals surface area contributed by atoms with Gasteiger partial charge in [0.05, 0.1) is 33.5 Å². The number of rotatable bonds is 21. The molecule has 0 spiro atoms. The molecule has 2 aromatic heterocycles. The predicted molar refractivity (Wildman–Crippen MR) is 263 cm³/mol. The van der Waals surface area contributed by atoms with Gasteiger partial charge in [0.15, 0.2) is 20.0 Å². The molecule has 1 amide bonds. The number of phosphoric acid groups is 1. The van der Waals surface area contributed by atoms with Crippen molar-refractivity contribution >= 4 is 39.9 Å². The second-order valence-electron chi connectivity index (χ2n) is 18.4. The van der Waals surface area contributed by atoms with Gasteiger partial charge in [0.2, 0.25) is 6.41 Å². The third kappa shape index (κ3) is 11.4. The van der Waals surface area contributed by atoms with Crippen LogP contribution in [0.25, 0.3) is 0 Å². The molecule has 2 fully saturated rings. The van der Waals surface area contributed by atoms with Gasteiger partial charge in [0.1, 0.15) is 59.9 Å². The molecule has 22 heteroatoms. The Labute approximate surface area is 407 Å². The standard InChI is InChI=1S/C48H62N7O13PSi/c1-30-25-55(46(58)54-45(30)57)41-24-36(38(66-41)26-63-48(31-13-11-10-12-14-31,32-15-19-34(60-5)20-16-32)33-17-21-35(61-6)22-18-33)67-69(59,62-7)64-27-39-37(68-70(8,9)47(2,3)4)23-40(65-39)53-44-42(52-29-56)43(49)50-28-51-44/h10-22,25,28-29,36-41H,23-24,26-27H2,1-9H3,(H,52,56)(H,54,57,58)(H3,49,50,51,53)/t36-,37-,38+,39+,40?,41+,69?/m0/s1. The summed E-state index contributed by atoms with van der Waals surface area (Å²) in [5.41, 5.74) is 6.20. The Bertz CT molecular complexity index is 2690. The molecule has 7 atom stereocenters. The number of hydrogen-bond donors (Lipinski definition) is 4. The Kier molecular flexibility index (Phi) is 16.2. The molecule has 4 heterocycles. The molecule has 70 heavy (non-hydrogen) atoms. The Morgan fingerprint density at radius 3 is 2.07 bits per heavy atom. The number of hydrogen-bond acceptors (Lipinski definition) is 17. The summed E-state index contributed by atoms with van der Waals surface area (Å²) in [4.78, 5) is 47.8. The number of amides is 1. The molecule has 0 radical (unpaired) electrons. The Hall–Kier alpha value is -5.74. The first-order valence-electron chi connectivity index (χ1n) is 22.7. The molecule has 2 unspecified atom stereocenters.